The number of piperidine rings is 1. The molecule has 2 unspecified atom stereocenters. The maximum atomic E-state index is 11.8. The van der Waals surface area contributed by atoms with Crippen molar-refractivity contribution in [2.45, 2.75) is 43.8 Å². The summed E-state index contributed by atoms with van der Waals surface area (Å²) < 4.78 is 4.91. The monoisotopic (exact) mass is 220 g/mol. The number of furan rings is 1. The first-order valence-corrected chi connectivity index (χ1v) is 5.90. The lowest BCUT2D eigenvalue weighted by Crippen LogP contribution is -2.47. The van der Waals surface area contributed by atoms with E-state index < -0.39 is 0 Å². The third-order valence-electron chi connectivity index (χ3n) is 3.59. The highest BCUT2D eigenvalue weighted by molar-refractivity contribution is 5.93. The van der Waals surface area contributed by atoms with E-state index in [0.29, 0.717) is 23.7 Å². The number of rotatable bonds is 2. The molecule has 2 N–H and O–H groups in total. The van der Waals surface area contributed by atoms with E-state index in [0.717, 1.165) is 12.8 Å². The Kier molecular flexibility index (Phi) is 2.44. The van der Waals surface area contributed by atoms with Crippen LogP contribution in [0.1, 0.15) is 36.0 Å². The van der Waals surface area contributed by atoms with Crippen molar-refractivity contribution in [3.63, 3.8) is 0 Å². The normalized spacial score (nSPS) is 32.6. The van der Waals surface area contributed by atoms with Gasteiger partial charge in [0.15, 0.2) is 0 Å². The van der Waals surface area contributed by atoms with Crippen molar-refractivity contribution >= 4 is 5.91 Å². The second-order valence-electron chi connectivity index (χ2n) is 4.79. The van der Waals surface area contributed by atoms with E-state index in [4.69, 9.17) is 4.42 Å². The van der Waals surface area contributed by atoms with Crippen LogP contribution in [0.5, 0.6) is 0 Å². The zero-order chi connectivity index (χ0) is 11.0. The molecule has 2 fully saturated rings. The standard InChI is InChI=1S/C12H16N2O2/c15-12(8-3-4-16-7-8)14-11-5-9-1-2-10(6-11)13-9/h3-4,7,9-11,13H,1-2,5-6H2,(H,14,15). The Labute approximate surface area is 94.4 Å². The minimum atomic E-state index is -0.0138. The summed E-state index contributed by atoms with van der Waals surface area (Å²) in [5.74, 6) is -0.0138. The SMILES string of the molecule is O=C(NC1CC2CCC(C1)N2)c1ccoc1. The molecule has 2 saturated heterocycles. The number of nitrogens with one attached hydrogen (secondary N) is 2. The number of amides is 1. The maximum Gasteiger partial charge on any atom is 0.254 e. The molecule has 0 radical (unpaired) electrons. The fraction of sp³-hybridized carbons (Fsp3) is 0.583. The average molecular weight is 220 g/mol. The van der Waals surface area contributed by atoms with Crippen LogP contribution in [0.15, 0.2) is 23.0 Å². The second kappa shape index (κ2) is 3.94. The van der Waals surface area contributed by atoms with Gasteiger partial charge >= 0.3 is 0 Å². The Balaban J connectivity index is 1.61. The topological polar surface area (TPSA) is 54.3 Å². The number of carbonyl (C=O) groups is 1. The Morgan fingerprint density at radius 1 is 1.38 bits per heavy atom. The fourth-order valence-corrected chi connectivity index (χ4v) is 2.84. The highest BCUT2D eigenvalue weighted by atomic mass is 16.3. The van der Waals surface area contributed by atoms with E-state index in [1.54, 1.807) is 6.07 Å². The van der Waals surface area contributed by atoms with Gasteiger partial charge in [0, 0.05) is 18.1 Å². The molecule has 2 atom stereocenters. The summed E-state index contributed by atoms with van der Waals surface area (Å²) in [5, 5.41) is 6.64. The molecule has 2 aliphatic rings. The highest BCUT2D eigenvalue weighted by Crippen LogP contribution is 2.26. The molecule has 0 aromatic carbocycles. The molecule has 4 nitrogen and oxygen atoms in total. The second-order valence-corrected chi connectivity index (χ2v) is 4.79. The van der Waals surface area contributed by atoms with E-state index in [1.807, 2.05) is 0 Å². The van der Waals surface area contributed by atoms with E-state index in [1.165, 1.54) is 25.4 Å². The number of carbonyl (C=O) groups excluding carboxylic acids is 1. The lowest BCUT2D eigenvalue weighted by Gasteiger charge is -2.29. The lowest BCUT2D eigenvalue weighted by molar-refractivity contribution is 0.0923. The van der Waals surface area contributed by atoms with Crippen LogP contribution in [0.2, 0.25) is 0 Å². The molecule has 2 aliphatic heterocycles. The first-order chi connectivity index (χ1) is 7.81. The molecule has 3 heterocycles. The Morgan fingerprint density at radius 2 is 2.12 bits per heavy atom. The van der Waals surface area contributed by atoms with Crippen LogP contribution >= 0.6 is 0 Å². The summed E-state index contributed by atoms with van der Waals surface area (Å²) in [4.78, 5) is 11.8. The van der Waals surface area contributed by atoms with Gasteiger partial charge in [-0.3, -0.25) is 4.79 Å². The van der Waals surface area contributed by atoms with Crippen LogP contribution in [-0.4, -0.2) is 24.0 Å². The van der Waals surface area contributed by atoms with Gasteiger partial charge in [0.05, 0.1) is 11.8 Å². The molecule has 1 aromatic heterocycles. The molecule has 1 aromatic rings. The Hall–Kier alpha value is -1.29. The third-order valence-corrected chi connectivity index (χ3v) is 3.59. The molecule has 1 amide bonds. The predicted octanol–water partition coefficient (Wildman–Crippen LogP) is 1.29. The molecule has 0 spiro atoms. The highest BCUT2D eigenvalue weighted by Gasteiger charge is 2.34. The van der Waals surface area contributed by atoms with Crippen molar-refractivity contribution < 1.29 is 9.21 Å². The van der Waals surface area contributed by atoms with E-state index >= 15 is 0 Å². The predicted molar refractivity (Wildman–Crippen MR) is 59.1 cm³/mol. The fourth-order valence-electron chi connectivity index (χ4n) is 2.84. The maximum absolute atomic E-state index is 11.8. The summed E-state index contributed by atoms with van der Waals surface area (Å²) in [6.07, 6.45) is 7.64. The zero-order valence-electron chi connectivity index (χ0n) is 9.11. The smallest absolute Gasteiger partial charge is 0.254 e. The number of fused-ring (bicyclic) bond motifs is 2. The Bertz CT molecular complexity index is 362. The van der Waals surface area contributed by atoms with Crippen molar-refractivity contribution in [3.05, 3.63) is 24.2 Å². The van der Waals surface area contributed by atoms with Gasteiger partial charge in [-0.05, 0) is 31.7 Å². The lowest BCUT2D eigenvalue weighted by atomic mass is 9.99. The largest absolute Gasteiger partial charge is 0.472 e. The zero-order valence-corrected chi connectivity index (χ0v) is 9.11. The quantitative estimate of drug-likeness (QED) is 0.789. The van der Waals surface area contributed by atoms with Crippen LogP contribution in [0.25, 0.3) is 0 Å². The Morgan fingerprint density at radius 3 is 2.75 bits per heavy atom. The summed E-state index contributed by atoms with van der Waals surface area (Å²) in [5.41, 5.74) is 0.617. The van der Waals surface area contributed by atoms with E-state index in [9.17, 15) is 4.79 Å². The van der Waals surface area contributed by atoms with Crippen LogP contribution < -0.4 is 10.6 Å². The van der Waals surface area contributed by atoms with Gasteiger partial charge in [0.25, 0.3) is 5.91 Å². The van der Waals surface area contributed by atoms with Gasteiger partial charge in [-0.15, -0.1) is 0 Å². The summed E-state index contributed by atoms with van der Waals surface area (Å²) in [6, 6.07) is 3.23. The van der Waals surface area contributed by atoms with Gasteiger partial charge in [0.2, 0.25) is 0 Å². The van der Waals surface area contributed by atoms with Crippen molar-refractivity contribution in [2.75, 3.05) is 0 Å². The van der Waals surface area contributed by atoms with Crippen LogP contribution in [0.3, 0.4) is 0 Å². The van der Waals surface area contributed by atoms with Gasteiger partial charge in [-0.2, -0.15) is 0 Å². The van der Waals surface area contributed by atoms with Crippen LogP contribution in [-0.2, 0) is 0 Å². The molecule has 3 rings (SSSR count). The van der Waals surface area contributed by atoms with Crippen LogP contribution in [0, 0.1) is 0 Å². The van der Waals surface area contributed by atoms with Gasteiger partial charge in [-0.1, -0.05) is 0 Å². The first kappa shape index (κ1) is 9.90. The third kappa shape index (κ3) is 1.85. The molecule has 0 saturated carbocycles. The number of hydrogen-bond acceptors (Lipinski definition) is 3. The number of hydrogen-bond donors (Lipinski definition) is 2. The van der Waals surface area contributed by atoms with Gasteiger partial charge < -0.3 is 15.1 Å². The molecule has 4 heteroatoms. The molecule has 16 heavy (non-hydrogen) atoms. The first-order valence-electron chi connectivity index (χ1n) is 5.90. The molecular formula is C12H16N2O2. The molecule has 0 aliphatic carbocycles. The van der Waals surface area contributed by atoms with Crippen molar-refractivity contribution in [2.24, 2.45) is 0 Å². The summed E-state index contributed by atoms with van der Waals surface area (Å²) >= 11 is 0. The summed E-state index contributed by atoms with van der Waals surface area (Å²) in [7, 11) is 0. The van der Waals surface area contributed by atoms with Crippen molar-refractivity contribution in [3.8, 4) is 0 Å². The van der Waals surface area contributed by atoms with Crippen molar-refractivity contribution in [1.29, 1.82) is 0 Å². The van der Waals surface area contributed by atoms with E-state index in [2.05, 4.69) is 10.6 Å². The van der Waals surface area contributed by atoms with E-state index in [-0.39, 0.29) is 5.91 Å². The van der Waals surface area contributed by atoms with Gasteiger partial charge in [0.1, 0.15) is 6.26 Å². The summed E-state index contributed by atoms with van der Waals surface area (Å²) in [6.45, 7) is 0. The molecular weight excluding hydrogens is 204 g/mol. The minimum Gasteiger partial charge on any atom is -0.472 e. The van der Waals surface area contributed by atoms with Gasteiger partial charge in [-0.25, -0.2) is 0 Å². The van der Waals surface area contributed by atoms with Crippen molar-refractivity contribution in [1.82, 2.24) is 10.6 Å². The minimum absolute atomic E-state index is 0.0138. The van der Waals surface area contributed by atoms with Crippen LogP contribution in [0.4, 0.5) is 0 Å². The molecule has 2 bridgehead atoms. The average Bonchev–Trinajstić information content (AvgIpc) is 2.88. The molecule has 86 valence electrons.